The quantitative estimate of drug-likeness (QED) is 0.626. The number of rotatable bonds is 1. The first-order valence-corrected chi connectivity index (χ1v) is 5.50. The summed E-state index contributed by atoms with van der Waals surface area (Å²) in [5.74, 6) is 0.608. The zero-order valence-corrected chi connectivity index (χ0v) is 8.93. The minimum absolute atomic E-state index is 0.0231. The Bertz CT molecular complexity index is 351. The highest BCUT2D eigenvalue weighted by atomic mass is 32.2. The van der Waals surface area contributed by atoms with Gasteiger partial charge in [-0.1, -0.05) is 0 Å². The van der Waals surface area contributed by atoms with Crippen LogP contribution in [0.3, 0.4) is 0 Å². The van der Waals surface area contributed by atoms with Crippen molar-refractivity contribution >= 4 is 23.5 Å². The molecule has 76 valence electrons. The standard InChI is InChI=1S/C9H12N2O2S/c1-4-3-14-9-6(10)8(13)11(9)7(4)5(2)12/h6,9H,3,10H2,1-2H3/t6-,9?/m1/s1. The molecule has 1 fully saturated rings. The van der Waals surface area contributed by atoms with Gasteiger partial charge in [0, 0.05) is 12.7 Å². The molecule has 0 aromatic rings. The van der Waals surface area contributed by atoms with Gasteiger partial charge in [-0.15, -0.1) is 11.8 Å². The van der Waals surface area contributed by atoms with Crippen molar-refractivity contribution in [1.29, 1.82) is 0 Å². The number of hydrogen-bond donors (Lipinski definition) is 1. The van der Waals surface area contributed by atoms with Gasteiger partial charge < -0.3 is 5.73 Å². The first kappa shape index (κ1) is 9.73. The number of nitrogens with two attached hydrogens (primary N) is 1. The number of Topliss-reactive ketones (excluding diaryl/α,β-unsaturated/α-hetero) is 1. The minimum atomic E-state index is -0.428. The fraction of sp³-hybridized carbons (Fsp3) is 0.556. The summed E-state index contributed by atoms with van der Waals surface area (Å²) in [6.45, 7) is 3.38. The van der Waals surface area contributed by atoms with Crippen LogP contribution in [0.5, 0.6) is 0 Å². The molecule has 0 radical (unpaired) electrons. The van der Waals surface area contributed by atoms with Gasteiger partial charge in [0.2, 0.25) is 5.91 Å². The number of carbonyl (C=O) groups excluding carboxylic acids is 2. The van der Waals surface area contributed by atoms with Gasteiger partial charge in [-0.2, -0.15) is 0 Å². The summed E-state index contributed by atoms with van der Waals surface area (Å²) in [5.41, 5.74) is 7.17. The van der Waals surface area contributed by atoms with Crippen LogP contribution in [-0.2, 0) is 9.59 Å². The van der Waals surface area contributed by atoms with Gasteiger partial charge in [0.05, 0.1) is 5.70 Å². The molecule has 1 saturated heterocycles. The Morgan fingerprint density at radius 2 is 2.29 bits per heavy atom. The van der Waals surface area contributed by atoms with E-state index >= 15 is 0 Å². The number of hydrogen-bond acceptors (Lipinski definition) is 4. The molecule has 2 atom stereocenters. The molecule has 0 aromatic heterocycles. The van der Waals surface area contributed by atoms with Crippen molar-refractivity contribution in [3.8, 4) is 0 Å². The van der Waals surface area contributed by atoms with Crippen LogP contribution in [0.15, 0.2) is 11.3 Å². The lowest BCUT2D eigenvalue weighted by Crippen LogP contribution is -2.68. The third kappa shape index (κ3) is 1.12. The minimum Gasteiger partial charge on any atom is -0.317 e. The molecule has 2 N–H and O–H groups in total. The maximum atomic E-state index is 11.5. The summed E-state index contributed by atoms with van der Waals surface area (Å²) in [7, 11) is 0. The van der Waals surface area contributed by atoms with Crippen LogP contribution >= 0.6 is 11.8 Å². The maximum Gasteiger partial charge on any atom is 0.248 e. The van der Waals surface area contributed by atoms with Crippen molar-refractivity contribution in [2.45, 2.75) is 25.3 Å². The van der Waals surface area contributed by atoms with Gasteiger partial charge in [-0.25, -0.2) is 0 Å². The zero-order chi connectivity index (χ0) is 10.5. The van der Waals surface area contributed by atoms with Crippen LogP contribution < -0.4 is 5.73 Å². The predicted molar refractivity (Wildman–Crippen MR) is 54.4 cm³/mol. The molecule has 0 saturated carbocycles. The van der Waals surface area contributed by atoms with E-state index in [2.05, 4.69) is 0 Å². The summed E-state index contributed by atoms with van der Waals surface area (Å²) in [5, 5.41) is -0.0231. The molecule has 2 aliphatic rings. The zero-order valence-electron chi connectivity index (χ0n) is 8.11. The first-order chi connectivity index (χ1) is 6.54. The molecule has 0 aliphatic carbocycles. The normalized spacial score (nSPS) is 31.4. The Kier molecular flexibility index (Phi) is 2.16. The van der Waals surface area contributed by atoms with E-state index in [0.29, 0.717) is 5.70 Å². The van der Waals surface area contributed by atoms with Gasteiger partial charge in [0.25, 0.3) is 0 Å². The summed E-state index contributed by atoms with van der Waals surface area (Å²) in [6.07, 6.45) is 0. The highest BCUT2D eigenvalue weighted by molar-refractivity contribution is 8.00. The third-order valence-electron chi connectivity index (χ3n) is 2.53. The van der Waals surface area contributed by atoms with Crippen LogP contribution in [-0.4, -0.2) is 33.8 Å². The highest BCUT2D eigenvalue weighted by Gasteiger charge is 2.50. The lowest BCUT2D eigenvalue weighted by Gasteiger charge is -2.48. The van der Waals surface area contributed by atoms with Crippen molar-refractivity contribution in [1.82, 2.24) is 4.90 Å². The van der Waals surface area contributed by atoms with Crippen LogP contribution in [0.2, 0.25) is 0 Å². The number of fused-ring (bicyclic) bond motifs is 1. The summed E-state index contributed by atoms with van der Waals surface area (Å²) in [4.78, 5) is 24.3. The Labute approximate surface area is 86.5 Å². The Morgan fingerprint density at radius 3 is 2.86 bits per heavy atom. The Morgan fingerprint density at radius 1 is 1.64 bits per heavy atom. The van der Waals surface area contributed by atoms with E-state index < -0.39 is 6.04 Å². The third-order valence-corrected chi connectivity index (χ3v) is 3.98. The Balaban J connectivity index is 2.37. The van der Waals surface area contributed by atoms with E-state index in [1.807, 2.05) is 6.92 Å². The highest BCUT2D eigenvalue weighted by Crippen LogP contribution is 2.39. The van der Waals surface area contributed by atoms with Crippen LogP contribution in [0.1, 0.15) is 13.8 Å². The van der Waals surface area contributed by atoms with E-state index in [4.69, 9.17) is 5.73 Å². The maximum absolute atomic E-state index is 11.5. The topological polar surface area (TPSA) is 63.4 Å². The van der Waals surface area contributed by atoms with Crippen molar-refractivity contribution in [3.05, 3.63) is 11.3 Å². The molecule has 5 heteroatoms. The molecule has 0 aromatic carbocycles. The van der Waals surface area contributed by atoms with E-state index in [1.54, 1.807) is 11.8 Å². The molecule has 4 nitrogen and oxygen atoms in total. The second-order valence-corrected chi connectivity index (χ2v) is 4.73. The number of amides is 1. The molecule has 14 heavy (non-hydrogen) atoms. The average molecular weight is 212 g/mol. The fourth-order valence-electron chi connectivity index (χ4n) is 1.86. The molecular weight excluding hydrogens is 200 g/mol. The first-order valence-electron chi connectivity index (χ1n) is 4.45. The predicted octanol–water partition coefficient (Wildman–Crippen LogP) is 0.0918. The summed E-state index contributed by atoms with van der Waals surface area (Å²) < 4.78 is 0. The van der Waals surface area contributed by atoms with Gasteiger partial charge in [0.15, 0.2) is 5.78 Å². The molecular formula is C9H12N2O2S. The van der Waals surface area contributed by atoms with Gasteiger partial charge in [-0.3, -0.25) is 14.5 Å². The molecule has 1 unspecified atom stereocenters. The van der Waals surface area contributed by atoms with Crippen molar-refractivity contribution in [2.75, 3.05) is 5.75 Å². The molecule has 2 rings (SSSR count). The van der Waals surface area contributed by atoms with E-state index in [1.165, 1.54) is 11.8 Å². The largest absolute Gasteiger partial charge is 0.317 e. The SMILES string of the molecule is CC(=O)C1=C(C)CSC2[C@H](N)C(=O)N12. The molecule has 0 spiro atoms. The number of thioether (sulfide) groups is 1. The van der Waals surface area contributed by atoms with Crippen molar-refractivity contribution in [2.24, 2.45) is 5.73 Å². The smallest absolute Gasteiger partial charge is 0.248 e. The molecule has 1 amide bonds. The van der Waals surface area contributed by atoms with Gasteiger partial charge >= 0.3 is 0 Å². The van der Waals surface area contributed by atoms with Crippen LogP contribution in [0, 0.1) is 0 Å². The second-order valence-electron chi connectivity index (χ2n) is 3.62. The number of ketones is 1. The number of β-lactam (4-membered cyclic amide) rings is 1. The summed E-state index contributed by atoms with van der Waals surface area (Å²) in [6, 6.07) is -0.428. The van der Waals surface area contributed by atoms with Gasteiger partial charge in [-0.05, 0) is 12.5 Å². The van der Waals surface area contributed by atoms with Crippen LogP contribution in [0.4, 0.5) is 0 Å². The van der Waals surface area contributed by atoms with Crippen molar-refractivity contribution < 1.29 is 9.59 Å². The van der Waals surface area contributed by atoms with E-state index in [-0.39, 0.29) is 17.1 Å². The van der Waals surface area contributed by atoms with Crippen molar-refractivity contribution in [3.63, 3.8) is 0 Å². The number of nitrogens with zero attached hydrogens (tertiary/aromatic N) is 1. The second kappa shape index (κ2) is 3.10. The monoisotopic (exact) mass is 212 g/mol. The number of carbonyl (C=O) groups is 2. The Hall–Kier alpha value is -0.810. The molecule has 2 aliphatic heterocycles. The average Bonchev–Trinajstić information content (AvgIpc) is 2.15. The van der Waals surface area contributed by atoms with Crippen LogP contribution in [0.25, 0.3) is 0 Å². The molecule has 2 heterocycles. The van der Waals surface area contributed by atoms with E-state index in [9.17, 15) is 9.59 Å². The van der Waals surface area contributed by atoms with Gasteiger partial charge in [0.1, 0.15) is 11.4 Å². The lowest BCUT2D eigenvalue weighted by atomic mass is 10.0. The summed E-state index contributed by atoms with van der Waals surface area (Å²) >= 11 is 1.62. The number of allylic oxidation sites excluding steroid dienone is 1. The van der Waals surface area contributed by atoms with E-state index in [0.717, 1.165) is 11.3 Å². The lowest BCUT2D eigenvalue weighted by molar-refractivity contribution is -0.143. The fourth-order valence-corrected chi connectivity index (χ4v) is 3.10. The molecule has 0 bridgehead atoms.